The van der Waals surface area contributed by atoms with Gasteiger partial charge in [-0.25, -0.2) is 14.6 Å². The van der Waals surface area contributed by atoms with Crippen molar-refractivity contribution in [2.45, 2.75) is 19.5 Å². The fourth-order valence-corrected chi connectivity index (χ4v) is 2.94. The van der Waals surface area contributed by atoms with Gasteiger partial charge in [-0.2, -0.15) is 5.10 Å². The van der Waals surface area contributed by atoms with Gasteiger partial charge in [-0.3, -0.25) is 4.79 Å². The van der Waals surface area contributed by atoms with E-state index in [9.17, 15) is 4.79 Å². The molecule has 3 aromatic heterocycles. The molecule has 0 bridgehead atoms. The standard InChI is InChI=1S/C15H17N7O/c23-15(13-2-1-4-17-13)20-5-3-14-18-8-12(22(14)7-6-20)9-21-11-16-10-19-21/h1-2,4,8,10-11,17H,3,5-7,9H2. The number of carbonyl (C=O) groups excluding carboxylic acids is 1. The molecule has 1 aliphatic heterocycles. The molecule has 4 rings (SSSR count). The van der Waals surface area contributed by atoms with E-state index in [1.165, 1.54) is 6.33 Å². The van der Waals surface area contributed by atoms with Crippen LogP contribution in [0, 0.1) is 0 Å². The van der Waals surface area contributed by atoms with Crippen LogP contribution in [0.25, 0.3) is 0 Å². The Labute approximate surface area is 132 Å². The quantitative estimate of drug-likeness (QED) is 0.765. The van der Waals surface area contributed by atoms with Crippen LogP contribution in [-0.4, -0.2) is 53.2 Å². The Balaban J connectivity index is 1.51. The first-order chi connectivity index (χ1) is 11.3. The summed E-state index contributed by atoms with van der Waals surface area (Å²) in [6, 6.07) is 3.65. The van der Waals surface area contributed by atoms with Gasteiger partial charge in [0.2, 0.25) is 0 Å². The van der Waals surface area contributed by atoms with Crippen LogP contribution in [0.1, 0.15) is 22.0 Å². The molecular weight excluding hydrogens is 294 g/mol. The SMILES string of the molecule is O=C(c1ccc[nH]1)N1CCc2ncc(Cn3cncn3)n2CC1. The monoisotopic (exact) mass is 311 g/mol. The second-order valence-electron chi connectivity index (χ2n) is 5.54. The zero-order chi connectivity index (χ0) is 15.6. The highest BCUT2D eigenvalue weighted by atomic mass is 16.2. The Morgan fingerprint density at radius 3 is 3.04 bits per heavy atom. The normalized spacial score (nSPS) is 14.5. The number of aromatic amines is 1. The van der Waals surface area contributed by atoms with Gasteiger partial charge in [-0.1, -0.05) is 0 Å². The molecule has 0 unspecified atom stereocenters. The number of rotatable bonds is 3. The highest BCUT2D eigenvalue weighted by Crippen LogP contribution is 2.14. The molecule has 0 aliphatic carbocycles. The molecule has 0 aromatic carbocycles. The number of amides is 1. The minimum absolute atomic E-state index is 0.0404. The van der Waals surface area contributed by atoms with Gasteiger partial charge in [0.15, 0.2) is 0 Å². The average molecular weight is 311 g/mol. The Morgan fingerprint density at radius 1 is 1.30 bits per heavy atom. The van der Waals surface area contributed by atoms with E-state index in [0.29, 0.717) is 25.3 Å². The van der Waals surface area contributed by atoms with Crippen molar-refractivity contribution in [3.63, 3.8) is 0 Å². The molecule has 0 saturated carbocycles. The van der Waals surface area contributed by atoms with Crippen LogP contribution >= 0.6 is 0 Å². The summed E-state index contributed by atoms with van der Waals surface area (Å²) in [7, 11) is 0. The van der Waals surface area contributed by atoms with Gasteiger partial charge in [0.05, 0.1) is 18.4 Å². The van der Waals surface area contributed by atoms with Crippen molar-refractivity contribution in [2.75, 3.05) is 13.1 Å². The Kier molecular flexibility index (Phi) is 3.41. The summed E-state index contributed by atoms with van der Waals surface area (Å²) in [6.45, 7) is 2.73. The van der Waals surface area contributed by atoms with Crippen LogP contribution in [-0.2, 0) is 19.5 Å². The number of nitrogens with one attached hydrogen (secondary N) is 1. The zero-order valence-corrected chi connectivity index (χ0v) is 12.6. The fraction of sp³-hybridized carbons (Fsp3) is 0.333. The molecular formula is C15H17N7O. The lowest BCUT2D eigenvalue weighted by Gasteiger charge is -2.19. The number of carbonyl (C=O) groups is 1. The molecule has 0 fully saturated rings. The van der Waals surface area contributed by atoms with Crippen molar-refractivity contribution >= 4 is 5.91 Å². The molecule has 0 radical (unpaired) electrons. The van der Waals surface area contributed by atoms with Crippen LogP contribution < -0.4 is 0 Å². The van der Waals surface area contributed by atoms with Crippen LogP contribution in [0.4, 0.5) is 0 Å². The molecule has 0 spiro atoms. The van der Waals surface area contributed by atoms with Crippen molar-refractivity contribution in [3.8, 4) is 0 Å². The third-order valence-corrected chi connectivity index (χ3v) is 4.13. The second kappa shape index (κ2) is 5.71. The molecule has 4 heterocycles. The first-order valence-electron chi connectivity index (χ1n) is 7.59. The first kappa shape index (κ1) is 13.7. The number of aromatic nitrogens is 6. The Hall–Kier alpha value is -2.90. The van der Waals surface area contributed by atoms with E-state index in [1.807, 2.05) is 23.2 Å². The number of nitrogens with zero attached hydrogens (tertiary/aromatic N) is 6. The van der Waals surface area contributed by atoms with E-state index in [2.05, 4.69) is 24.6 Å². The highest BCUT2D eigenvalue weighted by molar-refractivity contribution is 5.92. The topological polar surface area (TPSA) is 84.6 Å². The summed E-state index contributed by atoms with van der Waals surface area (Å²) in [5, 5.41) is 4.14. The van der Waals surface area contributed by atoms with Gasteiger partial charge < -0.3 is 14.5 Å². The number of fused-ring (bicyclic) bond motifs is 1. The number of H-pyrrole nitrogens is 1. The van der Waals surface area contributed by atoms with Gasteiger partial charge in [0.1, 0.15) is 24.2 Å². The third-order valence-electron chi connectivity index (χ3n) is 4.13. The predicted molar refractivity (Wildman–Crippen MR) is 81.8 cm³/mol. The number of hydrogen-bond donors (Lipinski definition) is 1. The fourth-order valence-electron chi connectivity index (χ4n) is 2.94. The Morgan fingerprint density at radius 2 is 2.26 bits per heavy atom. The van der Waals surface area contributed by atoms with Gasteiger partial charge in [0.25, 0.3) is 5.91 Å². The smallest absolute Gasteiger partial charge is 0.270 e. The van der Waals surface area contributed by atoms with E-state index in [4.69, 9.17) is 0 Å². The molecule has 0 saturated heterocycles. The van der Waals surface area contributed by atoms with Crippen molar-refractivity contribution in [1.82, 2.24) is 34.2 Å². The molecule has 1 N–H and O–H groups in total. The molecule has 1 aliphatic rings. The molecule has 23 heavy (non-hydrogen) atoms. The summed E-state index contributed by atoms with van der Waals surface area (Å²) < 4.78 is 3.96. The van der Waals surface area contributed by atoms with Crippen molar-refractivity contribution in [3.05, 3.63) is 54.4 Å². The van der Waals surface area contributed by atoms with Crippen molar-refractivity contribution < 1.29 is 4.79 Å². The molecule has 3 aromatic rings. The first-order valence-corrected chi connectivity index (χ1v) is 7.59. The molecule has 8 heteroatoms. The average Bonchev–Trinajstić information content (AvgIpc) is 3.29. The summed E-state index contributed by atoms with van der Waals surface area (Å²) in [4.78, 5) is 25.8. The van der Waals surface area contributed by atoms with Gasteiger partial charge in [-0.15, -0.1) is 0 Å². The maximum atomic E-state index is 12.5. The maximum absolute atomic E-state index is 12.5. The molecule has 0 atom stereocenters. The van der Waals surface area contributed by atoms with Crippen LogP contribution in [0.5, 0.6) is 0 Å². The lowest BCUT2D eigenvalue weighted by molar-refractivity contribution is 0.0753. The van der Waals surface area contributed by atoms with Crippen molar-refractivity contribution in [2.24, 2.45) is 0 Å². The molecule has 1 amide bonds. The summed E-state index contributed by atoms with van der Waals surface area (Å²) in [5.74, 6) is 1.06. The lowest BCUT2D eigenvalue weighted by atomic mass is 10.3. The third kappa shape index (κ3) is 2.63. The van der Waals surface area contributed by atoms with Gasteiger partial charge >= 0.3 is 0 Å². The largest absolute Gasteiger partial charge is 0.357 e. The Bertz CT molecular complexity index is 788. The zero-order valence-electron chi connectivity index (χ0n) is 12.6. The van der Waals surface area contributed by atoms with Gasteiger partial charge in [-0.05, 0) is 12.1 Å². The molecule has 118 valence electrons. The van der Waals surface area contributed by atoms with Gasteiger partial charge in [0, 0.05) is 32.3 Å². The van der Waals surface area contributed by atoms with E-state index >= 15 is 0 Å². The van der Waals surface area contributed by atoms with E-state index < -0.39 is 0 Å². The minimum Gasteiger partial charge on any atom is -0.357 e. The number of hydrogen-bond acceptors (Lipinski definition) is 4. The second-order valence-corrected chi connectivity index (χ2v) is 5.54. The van der Waals surface area contributed by atoms with E-state index in [1.54, 1.807) is 17.2 Å². The maximum Gasteiger partial charge on any atom is 0.270 e. The summed E-state index contributed by atoms with van der Waals surface area (Å²) >= 11 is 0. The van der Waals surface area contributed by atoms with Crippen molar-refractivity contribution in [1.29, 1.82) is 0 Å². The lowest BCUT2D eigenvalue weighted by Crippen LogP contribution is -2.34. The summed E-state index contributed by atoms with van der Waals surface area (Å²) in [6.07, 6.45) is 7.63. The highest BCUT2D eigenvalue weighted by Gasteiger charge is 2.22. The summed E-state index contributed by atoms with van der Waals surface area (Å²) in [5.41, 5.74) is 1.71. The van der Waals surface area contributed by atoms with E-state index in [0.717, 1.165) is 24.5 Å². The van der Waals surface area contributed by atoms with Crippen LogP contribution in [0.3, 0.4) is 0 Å². The van der Waals surface area contributed by atoms with E-state index in [-0.39, 0.29) is 5.91 Å². The number of imidazole rings is 1. The minimum atomic E-state index is 0.0404. The van der Waals surface area contributed by atoms with Crippen LogP contribution in [0.15, 0.2) is 37.2 Å². The predicted octanol–water partition coefficient (Wildman–Crippen LogP) is 0.549. The molecule has 8 nitrogen and oxygen atoms in total. The van der Waals surface area contributed by atoms with Crippen LogP contribution in [0.2, 0.25) is 0 Å².